The molecule has 6 rings (SSSR count). The number of aromatic nitrogens is 2. The summed E-state index contributed by atoms with van der Waals surface area (Å²) in [6.07, 6.45) is 2.91. The second kappa shape index (κ2) is 10.0. The van der Waals surface area contributed by atoms with Gasteiger partial charge in [-0.05, 0) is 35.9 Å². The standard InChI is InChI=1S/C27H29N5O4/c33-26(25-19-35-23-4-1-2-5-24(23)36-25)32-14-15-34-22-7-6-20(16-21(22)18-32)17-30-10-12-31(13-11-30)27-28-8-3-9-29-27/h1-9,16,25H,10-15,17-19H2. The second-order valence-electron chi connectivity index (χ2n) is 9.23. The Morgan fingerprint density at radius 1 is 0.889 bits per heavy atom. The first-order valence-corrected chi connectivity index (χ1v) is 12.4. The zero-order valence-electron chi connectivity index (χ0n) is 20.1. The Kier molecular flexibility index (Phi) is 6.29. The van der Waals surface area contributed by atoms with Gasteiger partial charge in [-0.25, -0.2) is 9.97 Å². The van der Waals surface area contributed by atoms with Crippen molar-refractivity contribution >= 4 is 11.9 Å². The molecular formula is C27H29N5O4. The van der Waals surface area contributed by atoms with E-state index in [0.717, 1.165) is 50.0 Å². The van der Waals surface area contributed by atoms with E-state index in [1.807, 2.05) is 41.3 Å². The summed E-state index contributed by atoms with van der Waals surface area (Å²) in [6.45, 7) is 6.18. The zero-order chi connectivity index (χ0) is 24.3. The number of nitrogens with zero attached hydrogens (tertiary/aromatic N) is 5. The third kappa shape index (κ3) is 4.79. The molecule has 36 heavy (non-hydrogen) atoms. The third-order valence-electron chi connectivity index (χ3n) is 6.81. The number of fused-ring (bicyclic) bond motifs is 2. The van der Waals surface area contributed by atoms with Crippen molar-refractivity contribution in [3.8, 4) is 17.2 Å². The summed E-state index contributed by atoms with van der Waals surface area (Å²) in [6, 6.07) is 15.6. The number of piperazine rings is 1. The molecule has 0 bridgehead atoms. The fraction of sp³-hybridized carbons (Fsp3) is 0.370. The summed E-state index contributed by atoms with van der Waals surface area (Å²) in [5.74, 6) is 2.83. The Morgan fingerprint density at radius 2 is 1.69 bits per heavy atom. The molecule has 0 aliphatic carbocycles. The molecular weight excluding hydrogens is 458 g/mol. The van der Waals surface area contributed by atoms with Crippen molar-refractivity contribution < 1.29 is 19.0 Å². The van der Waals surface area contributed by atoms with Crippen LogP contribution in [0.5, 0.6) is 17.2 Å². The van der Waals surface area contributed by atoms with Crippen LogP contribution in [0, 0.1) is 0 Å². The van der Waals surface area contributed by atoms with Gasteiger partial charge in [0.05, 0.1) is 6.54 Å². The Morgan fingerprint density at radius 3 is 2.53 bits per heavy atom. The lowest BCUT2D eigenvalue weighted by Gasteiger charge is -2.34. The van der Waals surface area contributed by atoms with Gasteiger partial charge >= 0.3 is 0 Å². The molecule has 3 aliphatic rings. The highest BCUT2D eigenvalue weighted by Crippen LogP contribution is 2.32. The minimum atomic E-state index is -0.658. The number of hydrogen-bond acceptors (Lipinski definition) is 8. The Balaban J connectivity index is 1.09. The van der Waals surface area contributed by atoms with E-state index >= 15 is 0 Å². The number of carbonyl (C=O) groups is 1. The van der Waals surface area contributed by atoms with Crippen LogP contribution in [0.1, 0.15) is 11.1 Å². The van der Waals surface area contributed by atoms with E-state index in [0.29, 0.717) is 31.2 Å². The smallest absolute Gasteiger partial charge is 0.267 e. The summed E-state index contributed by atoms with van der Waals surface area (Å²) in [4.78, 5) is 28.5. The summed E-state index contributed by atoms with van der Waals surface area (Å²) in [7, 11) is 0. The van der Waals surface area contributed by atoms with Gasteiger partial charge in [0, 0.05) is 57.2 Å². The SMILES string of the molecule is O=C(C1COc2ccccc2O1)N1CCOc2ccc(CN3CCN(c4ncccn4)CC3)cc2C1. The number of hydrogen-bond donors (Lipinski definition) is 0. The second-order valence-corrected chi connectivity index (χ2v) is 9.23. The number of anilines is 1. The lowest BCUT2D eigenvalue weighted by molar-refractivity contribution is -0.142. The molecule has 0 spiro atoms. The molecule has 1 atom stereocenters. The first-order chi connectivity index (χ1) is 17.7. The molecule has 4 heterocycles. The normalized spacial score (nSPS) is 19.7. The zero-order valence-corrected chi connectivity index (χ0v) is 20.1. The summed E-state index contributed by atoms with van der Waals surface area (Å²) >= 11 is 0. The van der Waals surface area contributed by atoms with Crippen LogP contribution in [0.2, 0.25) is 0 Å². The van der Waals surface area contributed by atoms with E-state index in [1.165, 1.54) is 5.56 Å². The number of amides is 1. The monoisotopic (exact) mass is 487 g/mol. The van der Waals surface area contributed by atoms with E-state index in [9.17, 15) is 4.79 Å². The third-order valence-corrected chi connectivity index (χ3v) is 6.81. The summed E-state index contributed by atoms with van der Waals surface area (Å²) in [5, 5.41) is 0. The average molecular weight is 488 g/mol. The van der Waals surface area contributed by atoms with E-state index in [2.05, 4.69) is 31.9 Å². The van der Waals surface area contributed by atoms with Gasteiger partial charge in [-0.15, -0.1) is 0 Å². The molecule has 9 heteroatoms. The van der Waals surface area contributed by atoms with Gasteiger partial charge in [0.1, 0.15) is 19.0 Å². The minimum Gasteiger partial charge on any atom is -0.491 e. The first kappa shape index (κ1) is 22.6. The number of benzene rings is 2. The van der Waals surface area contributed by atoms with E-state index in [-0.39, 0.29) is 12.5 Å². The topological polar surface area (TPSA) is 80.3 Å². The fourth-order valence-electron chi connectivity index (χ4n) is 4.90. The largest absolute Gasteiger partial charge is 0.491 e. The van der Waals surface area contributed by atoms with Crippen LogP contribution in [0.25, 0.3) is 0 Å². The molecule has 1 unspecified atom stereocenters. The number of carbonyl (C=O) groups excluding carboxylic acids is 1. The van der Waals surface area contributed by atoms with Gasteiger partial charge in [0.15, 0.2) is 11.5 Å². The van der Waals surface area contributed by atoms with Crippen LogP contribution in [0.3, 0.4) is 0 Å². The van der Waals surface area contributed by atoms with Crippen molar-refractivity contribution in [1.82, 2.24) is 19.8 Å². The van der Waals surface area contributed by atoms with Crippen molar-refractivity contribution in [1.29, 1.82) is 0 Å². The highest BCUT2D eigenvalue weighted by atomic mass is 16.6. The van der Waals surface area contributed by atoms with Crippen molar-refractivity contribution in [3.05, 3.63) is 72.1 Å². The van der Waals surface area contributed by atoms with Gasteiger partial charge in [-0.3, -0.25) is 9.69 Å². The Labute approximate surface area is 210 Å². The maximum atomic E-state index is 13.3. The predicted octanol–water partition coefficient (Wildman–Crippen LogP) is 2.36. The number of ether oxygens (including phenoxy) is 3. The van der Waals surface area contributed by atoms with Crippen molar-refractivity contribution in [2.75, 3.05) is 50.8 Å². The van der Waals surface area contributed by atoms with Crippen molar-refractivity contribution in [2.45, 2.75) is 19.2 Å². The molecule has 3 aromatic rings. The molecule has 0 N–H and O–H groups in total. The Bertz CT molecular complexity index is 1220. The predicted molar refractivity (Wildman–Crippen MR) is 133 cm³/mol. The van der Waals surface area contributed by atoms with Crippen LogP contribution in [-0.4, -0.2) is 77.7 Å². The Hall–Kier alpha value is -3.85. The van der Waals surface area contributed by atoms with Crippen LogP contribution in [-0.2, 0) is 17.9 Å². The van der Waals surface area contributed by atoms with Crippen LogP contribution < -0.4 is 19.1 Å². The van der Waals surface area contributed by atoms with Crippen LogP contribution in [0.15, 0.2) is 60.9 Å². The lowest BCUT2D eigenvalue weighted by atomic mass is 10.1. The van der Waals surface area contributed by atoms with Gasteiger partial charge in [-0.1, -0.05) is 18.2 Å². The van der Waals surface area contributed by atoms with Crippen molar-refractivity contribution in [2.24, 2.45) is 0 Å². The number of para-hydroxylation sites is 2. The molecule has 1 amide bonds. The highest BCUT2D eigenvalue weighted by Gasteiger charge is 2.32. The molecule has 186 valence electrons. The fourth-order valence-corrected chi connectivity index (χ4v) is 4.90. The average Bonchev–Trinajstić information content (AvgIpc) is 3.15. The molecule has 1 fully saturated rings. The van der Waals surface area contributed by atoms with Gasteiger partial charge in [0.25, 0.3) is 5.91 Å². The maximum absolute atomic E-state index is 13.3. The molecule has 0 radical (unpaired) electrons. The van der Waals surface area contributed by atoms with Gasteiger partial charge in [-0.2, -0.15) is 0 Å². The van der Waals surface area contributed by atoms with Gasteiger partial charge < -0.3 is 24.0 Å². The van der Waals surface area contributed by atoms with Crippen LogP contribution >= 0.6 is 0 Å². The van der Waals surface area contributed by atoms with E-state index in [4.69, 9.17) is 14.2 Å². The van der Waals surface area contributed by atoms with Gasteiger partial charge in [0.2, 0.25) is 12.1 Å². The molecule has 0 saturated carbocycles. The van der Waals surface area contributed by atoms with Crippen molar-refractivity contribution in [3.63, 3.8) is 0 Å². The lowest BCUT2D eigenvalue weighted by Crippen LogP contribution is -2.46. The van der Waals surface area contributed by atoms with Crippen LogP contribution in [0.4, 0.5) is 5.95 Å². The summed E-state index contributed by atoms with van der Waals surface area (Å²) in [5.41, 5.74) is 2.23. The first-order valence-electron chi connectivity index (χ1n) is 12.4. The minimum absolute atomic E-state index is 0.0781. The maximum Gasteiger partial charge on any atom is 0.267 e. The number of rotatable bonds is 4. The van der Waals surface area contributed by atoms with E-state index < -0.39 is 6.10 Å². The summed E-state index contributed by atoms with van der Waals surface area (Å²) < 4.78 is 17.7. The molecule has 2 aromatic carbocycles. The molecule has 1 aromatic heterocycles. The molecule has 9 nitrogen and oxygen atoms in total. The van der Waals surface area contributed by atoms with E-state index in [1.54, 1.807) is 12.4 Å². The molecule has 1 saturated heterocycles. The quantitative estimate of drug-likeness (QED) is 0.555. The highest BCUT2D eigenvalue weighted by molar-refractivity contribution is 5.82. The molecule has 3 aliphatic heterocycles.